The molecule has 2 rings (SSSR count). The van der Waals surface area contributed by atoms with Gasteiger partial charge in [0.2, 0.25) is 0 Å². The maximum absolute atomic E-state index is 13.3. The molecule has 6 N–H and O–H groups in total. The highest BCUT2D eigenvalue weighted by Gasteiger charge is 2.24. The molecule has 5 nitrogen and oxygen atoms in total. The van der Waals surface area contributed by atoms with E-state index in [9.17, 15) is 8.78 Å². The Hall–Kier alpha value is -1.12. The lowest BCUT2D eigenvalue weighted by molar-refractivity contribution is 0.424. The molecule has 1 fully saturated rings. The number of rotatable bonds is 2. The molecule has 15 heavy (non-hydrogen) atoms. The van der Waals surface area contributed by atoms with Crippen molar-refractivity contribution in [3.05, 3.63) is 35.4 Å². The van der Waals surface area contributed by atoms with Crippen LogP contribution in [0, 0.1) is 11.6 Å². The van der Waals surface area contributed by atoms with E-state index in [0.717, 1.165) is 18.2 Å². The minimum atomic E-state index is -0.705. The van der Waals surface area contributed by atoms with Crippen molar-refractivity contribution in [1.82, 2.24) is 21.9 Å². The molecule has 1 saturated heterocycles. The SMILES string of the molecule is NC(c1cc(F)ccc1F)C1NNNN1. The van der Waals surface area contributed by atoms with E-state index in [1.54, 1.807) is 0 Å². The highest BCUT2D eigenvalue weighted by atomic mass is 19.1. The van der Waals surface area contributed by atoms with Crippen LogP contribution < -0.4 is 27.7 Å². The zero-order valence-corrected chi connectivity index (χ0v) is 7.72. The Kier molecular flexibility index (Phi) is 2.89. The smallest absolute Gasteiger partial charge is 0.128 e. The number of nitrogens with one attached hydrogen (secondary N) is 4. The van der Waals surface area contributed by atoms with E-state index in [4.69, 9.17) is 5.73 Å². The third kappa shape index (κ3) is 2.11. The molecule has 0 amide bonds. The summed E-state index contributed by atoms with van der Waals surface area (Å²) in [5, 5.41) is 0. The van der Waals surface area contributed by atoms with Crippen LogP contribution in [0.1, 0.15) is 11.6 Å². The Morgan fingerprint density at radius 3 is 2.53 bits per heavy atom. The van der Waals surface area contributed by atoms with Crippen LogP contribution in [0.15, 0.2) is 18.2 Å². The van der Waals surface area contributed by atoms with E-state index in [-0.39, 0.29) is 5.56 Å². The lowest BCUT2D eigenvalue weighted by atomic mass is 10.0. The summed E-state index contributed by atoms with van der Waals surface area (Å²) in [6.07, 6.45) is -0.415. The van der Waals surface area contributed by atoms with Gasteiger partial charge in [-0.05, 0) is 18.2 Å². The zero-order chi connectivity index (χ0) is 10.8. The first-order valence-corrected chi connectivity index (χ1v) is 4.40. The van der Waals surface area contributed by atoms with Crippen molar-refractivity contribution < 1.29 is 8.78 Å². The maximum Gasteiger partial charge on any atom is 0.128 e. The van der Waals surface area contributed by atoms with Gasteiger partial charge in [0.1, 0.15) is 17.8 Å². The highest BCUT2D eigenvalue weighted by Crippen LogP contribution is 2.18. The van der Waals surface area contributed by atoms with E-state index in [1.165, 1.54) is 0 Å². The molecule has 1 atom stereocenters. The number of benzene rings is 1. The summed E-state index contributed by atoms with van der Waals surface area (Å²) >= 11 is 0. The van der Waals surface area contributed by atoms with Crippen LogP contribution >= 0.6 is 0 Å². The van der Waals surface area contributed by atoms with Crippen LogP contribution in [-0.4, -0.2) is 6.17 Å². The van der Waals surface area contributed by atoms with Gasteiger partial charge in [0, 0.05) is 5.56 Å². The minimum Gasteiger partial charge on any atom is -0.321 e. The second-order valence-electron chi connectivity index (χ2n) is 3.21. The van der Waals surface area contributed by atoms with Gasteiger partial charge < -0.3 is 5.73 Å². The Morgan fingerprint density at radius 2 is 1.87 bits per heavy atom. The molecule has 0 aliphatic carbocycles. The molecule has 1 unspecified atom stereocenters. The maximum atomic E-state index is 13.3. The van der Waals surface area contributed by atoms with Crippen molar-refractivity contribution in [3.8, 4) is 0 Å². The molecule has 7 heteroatoms. The minimum absolute atomic E-state index is 0.116. The predicted octanol–water partition coefficient (Wildman–Crippen LogP) is -0.592. The molecule has 0 aromatic heterocycles. The molecule has 1 aliphatic heterocycles. The van der Waals surface area contributed by atoms with Crippen LogP contribution in [0.4, 0.5) is 8.78 Å². The molecule has 82 valence electrons. The van der Waals surface area contributed by atoms with E-state index >= 15 is 0 Å². The van der Waals surface area contributed by atoms with Crippen LogP contribution in [0.2, 0.25) is 0 Å². The van der Waals surface area contributed by atoms with E-state index in [0.29, 0.717) is 0 Å². The zero-order valence-electron chi connectivity index (χ0n) is 7.72. The third-order valence-electron chi connectivity index (χ3n) is 2.19. The Balaban J connectivity index is 2.23. The summed E-state index contributed by atoms with van der Waals surface area (Å²) in [7, 11) is 0. The highest BCUT2D eigenvalue weighted by molar-refractivity contribution is 5.23. The van der Waals surface area contributed by atoms with Gasteiger partial charge in [0.15, 0.2) is 0 Å². The molecular formula is C8H11F2N5. The van der Waals surface area contributed by atoms with Crippen LogP contribution in [-0.2, 0) is 0 Å². The van der Waals surface area contributed by atoms with Gasteiger partial charge in [-0.2, -0.15) is 11.1 Å². The summed E-state index contributed by atoms with van der Waals surface area (Å²) in [6, 6.07) is 2.49. The molecule has 1 aromatic rings. The number of nitrogens with two attached hydrogens (primary N) is 1. The fourth-order valence-electron chi connectivity index (χ4n) is 1.39. The van der Waals surface area contributed by atoms with E-state index < -0.39 is 23.8 Å². The predicted molar refractivity (Wildman–Crippen MR) is 49.6 cm³/mol. The molecule has 0 bridgehead atoms. The van der Waals surface area contributed by atoms with Crippen molar-refractivity contribution in [2.24, 2.45) is 5.73 Å². The Morgan fingerprint density at radius 1 is 1.20 bits per heavy atom. The lowest BCUT2D eigenvalue weighted by Gasteiger charge is -2.18. The largest absolute Gasteiger partial charge is 0.321 e. The number of hydrogen-bond donors (Lipinski definition) is 5. The first-order valence-electron chi connectivity index (χ1n) is 4.40. The first kappa shape index (κ1) is 10.4. The van der Waals surface area contributed by atoms with Crippen molar-refractivity contribution in [2.45, 2.75) is 12.2 Å². The summed E-state index contributed by atoms with van der Waals surface area (Å²) in [5.41, 5.74) is 16.4. The summed E-state index contributed by atoms with van der Waals surface area (Å²) in [5.74, 6) is -1.04. The van der Waals surface area contributed by atoms with E-state index in [2.05, 4.69) is 21.9 Å². The van der Waals surface area contributed by atoms with E-state index in [1.807, 2.05) is 0 Å². The van der Waals surface area contributed by atoms with Gasteiger partial charge >= 0.3 is 0 Å². The van der Waals surface area contributed by atoms with Gasteiger partial charge in [0.05, 0.1) is 6.04 Å². The number of hydrazine groups is 3. The Labute approximate surface area is 84.9 Å². The normalized spacial score (nSPS) is 19.4. The van der Waals surface area contributed by atoms with Gasteiger partial charge in [0.25, 0.3) is 0 Å². The van der Waals surface area contributed by atoms with Crippen molar-refractivity contribution in [3.63, 3.8) is 0 Å². The third-order valence-corrected chi connectivity index (χ3v) is 2.19. The fraction of sp³-hybridized carbons (Fsp3) is 0.250. The molecule has 0 radical (unpaired) electrons. The summed E-state index contributed by atoms with van der Waals surface area (Å²) in [6.45, 7) is 0. The average Bonchev–Trinajstić information content (AvgIpc) is 2.74. The quantitative estimate of drug-likeness (QED) is 0.456. The van der Waals surface area contributed by atoms with Crippen LogP contribution in [0.5, 0.6) is 0 Å². The monoisotopic (exact) mass is 215 g/mol. The van der Waals surface area contributed by atoms with Gasteiger partial charge in [-0.25, -0.2) is 19.6 Å². The first-order chi connectivity index (χ1) is 7.18. The van der Waals surface area contributed by atoms with Gasteiger partial charge in [-0.3, -0.25) is 0 Å². The van der Waals surface area contributed by atoms with Crippen LogP contribution in [0.25, 0.3) is 0 Å². The summed E-state index contributed by atoms with van der Waals surface area (Å²) < 4.78 is 26.2. The second kappa shape index (κ2) is 4.17. The molecule has 1 heterocycles. The van der Waals surface area contributed by atoms with Crippen molar-refractivity contribution in [2.75, 3.05) is 0 Å². The molecule has 0 saturated carbocycles. The molecule has 1 aliphatic rings. The molecule has 1 aromatic carbocycles. The number of halogens is 2. The Bertz CT molecular complexity index is 353. The standard InChI is InChI=1S/C8H11F2N5/c9-4-1-2-6(10)5(3-4)7(11)8-12-14-15-13-8/h1-3,7-8,12-15H,11H2. The fourth-order valence-corrected chi connectivity index (χ4v) is 1.39. The van der Waals surface area contributed by atoms with Gasteiger partial charge in [-0.15, -0.1) is 0 Å². The average molecular weight is 215 g/mol. The van der Waals surface area contributed by atoms with Gasteiger partial charge in [-0.1, -0.05) is 0 Å². The van der Waals surface area contributed by atoms with Crippen molar-refractivity contribution >= 4 is 0 Å². The second-order valence-corrected chi connectivity index (χ2v) is 3.21. The van der Waals surface area contributed by atoms with Crippen molar-refractivity contribution in [1.29, 1.82) is 0 Å². The van der Waals surface area contributed by atoms with Crippen LogP contribution in [0.3, 0.4) is 0 Å². The topological polar surface area (TPSA) is 74.1 Å². The lowest BCUT2D eigenvalue weighted by Crippen LogP contribution is -2.43. The summed E-state index contributed by atoms with van der Waals surface area (Å²) in [4.78, 5) is 0. The molecular weight excluding hydrogens is 204 g/mol. The molecule has 0 spiro atoms. The number of hydrogen-bond acceptors (Lipinski definition) is 5.